The highest BCUT2D eigenvalue weighted by atomic mass is 17.1. The fourth-order valence-corrected chi connectivity index (χ4v) is 3.11. The molecule has 178 valence electrons. The predicted octanol–water partition coefficient (Wildman–Crippen LogP) is 5.00. The van der Waals surface area contributed by atoms with E-state index in [9.17, 15) is 10.2 Å². The predicted molar refractivity (Wildman–Crippen MR) is 127 cm³/mol. The fraction of sp³-hybridized carbons (Fsp3) is 0.154. The zero-order chi connectivity index (χ0) is 24.5. The monoisotopic (exact) mass is 466 g/mol. The fourth-order valence-electron chi connectivity index (χ4n) is 3.11. The van der Waals surface area contributed by atoms with Crippen LogP contribution in [-0.2, 0) is 9.78 Å². The maximum absolute atomic E-state index is 9.19. The first-order valence-electron chi connectivity index (χ1n) is 10.4. The van der Waals surface area contributed by atoms with E-state index in [-0.39, 0.29) is 13.2 Å². The Morgan fingerprint density at radius 1 is 0.559 bits per heavy atom. The lowest BCUT2D eigenvalue weighted by Gasteiger charge is -2.14. The summed E-state index contributed by atoms with van der Waals surface area (Å²) in [6.45, 7) is 6.88. The summed E-state index contributed by atoms with van der Waals surface area (Å²) in [7, 11) is 0. The number of rotatable bonds is 12. The number of aliphatic hydroxyl groups is 2. The highest BCUT2D eigenvalue weighted by Gasteiger charge is 2.15. The van der Waals surface area contributed by atoms with Gasteiger partial charge < -0.3 is 19.7 Å². The number of hydrogen-bond acceptors (Lipinski definition) is 8. The van der Waals surface area contributed by atoms with E-state index in [1.807, 2.05) is 0 Å². The molecule has 0 heterocycles. The van der Waals surface area contributed by atoms with Crippen molar-refractivity contribution in [1.29, 1.82) is 0 Å². The van der Waals surface area contributed by atoms with Crippen molar-refractivity contribution in [2.24, 2.45) is 0 Å². The summed E-state index contributed by atoms with van der Waals surface area (Å²) in [4.78, 5) is 8.42. The van der Waals surface area contributed by atoms with E-state index >= 15 is 0 Å². The Hall–Kier alpha value is -3.50. The SMILES string of the molecule is C=C(c1ccc(Oc2ccc(Oc3ccc(C(=C)C(CO)OO)cc3)cc2)cc1)C(CO)OO. The second kappa shape index (κ2) is 12.1. The Labute approximate surface area is 197 Å². The van der Waals surface area contributed by atoms with Gasteiger partial charge in [-0.2, -0.15) is 0 Å². The number of ether oxygens (including phenoxy) is 2. The van der Waals surface area contributed by atoms with Gasteiger partial charge in [-0.05, 0) is 70.8 Å². The minimum atomic E-state index is -0.888. The molecule has 0 saturated heterocycles. The topological polar surface area (TPSA) is 118 Å². The van der Waals surface area contributed by atoms with E-state index in [1.165, 1.54) is 0 Å². The van der Waals surface area contributed by atoms with Gasteiger partial charge in [-0.25, -0.2) is 9.78 Å². The molecule has 0 aliphatic heterocycles. The van der Waals surface area contributed by atoms with Crippen molar-refractivity contribution in [3.05, 3.63) is 97.1 Å². The van der Waals surface area contributed by atoms with Crippen LogP contribution in [0.3, 0.4) is 0 Å². The van der Waals surface area contributed by atoms with Gasteiger partial charge in [-0.3, -0.25) is 10.5 Å². The molecule has 2 unspecified atom stereocenters. The Bertz CT molecular complexity index is 979. The third-order valence-corrected chi connectivity index (χ3v) is 5.11. The Balaban J connectivity index is 1.59. The Morgan fingerprint density at radius 2 is 0.824 bits per heavy atom. The number of hydrogen-bond donors (Lipinski definition) is 4. The summed E-state index contributed by atoms with van der Waals surface area (Å²) in [5, 5.41) is 36.0. The molecule has 34 heavy (non-hydrogen) atoms. The molecule has 4 N–H and O–H groups in total. The first-order chi connectivity index (χ1) is 16.5. The van der Waals surface area contributed by atoms with E-state index in [1.54, 1.807) is 72.8 Å². The third kappa shape index (κ3) is 6.30. The van der Waals surface area contributed by atoms with Crippen LogP contribution in [0.25, 0.3) is 11.1 Å². The molecule has 0 aliphatic rings. The van der Waals surface area contributed by atoms with Crippen molar-refractivity contribution >= 4 is 11.1 Å². The second-order valence-corrected chi connectivity index (χ2v) is 7.33. The van der Waals surface area contributed by atoms with Crippen molar-refractivity contribution in [1.82, 2.24) is 0 Å². The highest BCUT2D eigenvalue weighted by Crippen LogP contribution is 2.29. The quantitative estimate of drug-likeness (QED) is 0.218. The molecule has 8 heteroatoms. The number of benzene rings is 3. The van der Waals surface area contributed by atoms with Gasteiger partial charge in [0.25, 0.3) is 0 Å². The molecule has 3 rings (SSSR count). The lowest BCUT2D eigenvalue weighted by atomic mass is 10.0. The minimum Gasteiger partial charge on any atom is -0.457 e. The zero-order valence-electron chi connectivity index (χ0n) is 18.3. The van der Waals surface area contributed by atoms with E-state index in [0.717, 1.165) is 0 Å². The lowest BCUT2D eigenvalue weighted by Crippen LogP contribution is -2.17. The second-order valence-electron chi connectivity index (χ2n) is 7.33. The summed E-state index contributed by atoms with van der Waals surface area (Å²) < 4.78 is 11.7. The normalized spacial score (nSPS) is 12.6. The third-order valence-electron chi connectivity index (χ3n) is 5.11. The molecule has 0 aliphatic carbocycles. The molecule has 0 saturated carbocycles. The maximum atomic E-state index is 9.19. The van der Waals surface area contributed by atoms with Crippen molar-refractivity contribution in [3.63, 3.8) is 0 Å². The van der Waals surface area contributed by atoms with Gasteiger partial charge >= 0.3 is 0 Å². The van der Waals surface area contributed by atoms with E-state index < -0.39 is 12.2 Å². The van der Waals surface area contributed by atoms with Gasteiger partial charge in [0.05, 0.1) is 13.2 Å². The van der Waals surface area contributed by atoms with Gasteiger partial charge in [-0.1, -0.05) is 37.4 Å². The van der Waals surface area contributed by atoms with E-state index in [4.69, 9.17) is 20.0 Å². The summed E-state index contributed by atoms with van der Waals surface area (Å²) >= 11 is 0. The van der Waals surface area contributed by atoms with Crippen LogP contribution in [0.15, 0.2) is 86.0 Å². The standard InChI is InChI=1S/C26H26O8/c1-17(25(15-27)33-29)19-3-7-21(8-4-19)31-23-11-13-24(14-12-23)32-22-9-5-20(6-10-22)18(2)26(16-28)34-30/h3-14,25-30H,1-2,15-16H2. The van der Waals surface area contributed by atoms with E-state index in [0.29, 0.717) is 45.3 Å². The van der Waals surface area contributed by atoms with Gasteiger partial charge in [0, 0.05) is 0 Å². The summed E-state index contributed by atoms with van der Waals surface area (Å²) in [6.07, 6.45) is -1.78. The molecular formula is C26H26O8. The van der Waals surface area contributed by atoms with Crippen molar-refractivity contribution in [2.75, 3.05) is 13.2 Å². The Morgan fingerprint density at radius 3 is 1.06 bits per heavy atom. The zero-order valence-corrected chi connectivity index (χ0v) is 18.3. The van der Waals surface area contributed by atoms with Gasteiger partial charge in [0.15, 0.2) is 0 Å². The first kappa shape index (κ1) is 25.1. The molecule has 0 amide bonds. The minimum absolute atomic E-state index is 0.385. The summed E-state index contributed by atoms with van der Waals surface area (Å²) in [5.41, 5.74) is 2.31. The van der Waals surface area contributed by atoms with Gasteiger partial charge in [0.1, 0.15) is 35.2 Å². The van der Waals surface area contributed by atoms with Crippen LogP contribution >= 0.6 is 0 Å². The average Bonchev–Trinajstić information content (AvgIpc) is 2.87. The molecule has 2 atom stereocenters. The highest BCUT2D eigenvalue weighted by molar-refractivity contribution is 5.68. The molecule has 3 aromatic rings. The van der Waals surface area contributed by atoms with Gasteiger partial charge in [-0.15, -0.1) is 0 Å². The molecular weight excluding hydrogens is 440 g/mol. The summed E-state index contributed by atoms with van der Waals surface area (Å²) in [6, 6.07) is 21.1. The van der Waals surface area contributed by atoms with Crippen molar-refractivity contribution in [3.8, 4) is 23.0 Å². The first-order valence-corrected chi connectivity index (χ1v) is 10.4. The summed E-state index contributed by atoms with van der Waals surface area (Å²) in [5.74, 6) is 2.41. The van der Waals surface area contributed by atoms with Crippen LogP contribution in [-0.4, -0.2) is 46.1 Å². The molecule has 0 fully saturated rings. The average molecular weight is 466 g/mol. The van der Waals surface area contributed by atoms with Crippen LogP contribution < -0.4 is 9.47 Å². The van der Waals surface area contributed by atoms with Crippen molar-refractivity contribution < 1.29 is 40.0 Å². The Kier molecular flexibility index (Phi) is 8.94. The molecule has 0 radical (unpaired) electrons. The number of aliphatic hydroxyl groups excluding tert-OH is 2. The van der Waals surface area contributed by atoms with Gasteiger partial charge in [0.2, 0.25) is 0 Å². The van der Waals surface area contributed by atoms with Crippen LogP contribution in [0.1, 0.15) is 11.1 Å². The van der Waals surface area contributed by atoms with Crippen LogP contribution in [0, 0.1) is 0 Å². The van der Waals surface area contributed by atoms with Crippen LogP contribution in [0.4, 0.5) is 0 Å². The van der Waals surface area contributed by atoms with Crippen LogP contribution in [0.5, 0.6) is 23.0 Å². The molecule has 3 aromatic carbocycles. The molecule has 8 nitrogen and oxygen atoms in total. The molecule has 0 spiro atoms. The molecule has 0 aromatic heterocycles. The smallest absolute Gasteiger partial charge is 0.141 e. The van der Waals surface area contributed by atoms with Crippen LogP contribution in [0.2, 0.25) is 0 Å². The van der Waals surface area contributed by atoms with E-state index in [2.05, 4.69) is 22.9 Å². The lowest BCUT2D eigenvalue weighted by molar-refractivity contribution is -0.268. The molecule has 0 bridgehead atoms. The maximum Gasteiger partial charge on any atom is 0.141 e. The largest absolute Gasteiger partial charge is 0.457 e. The van der Waals surface area contributed by atoms with Crippen molar-refractivity contribution in [2.45, 2.75) is 12.2 Å².